The lowest BCUT2D eigenvalue weighted by Gasteiger charge is -2.23. The maximum absolute atomic E-state index is 12.1. The highest BCUT2D eigenvalue weighted by Gasteiger charge is 2.15. The van der Waals surface area contributed by atoms with Crippen LogP contribution in [0.4, 0.5) is 0 Å². The molecule has 0 heterocycles. The van der Waals surface area contributed by atoms with E-state index >= 15 is 0 Å². The molecule has 1 aromatic rings. The van der Waals surface area contributed by atoms with Crippen LogP contribution >= 0.6 is 0 Å². The minimum absolute atomic E-state index is 0.0454. The van der Waals surface area contributed by atoms with Crippen molar-refractivity contribution in [3.63, 3.8) is 0 Å². The lowest BCUT2D eigenvalue weighted by Crippen LogP contribution is -2.46. The summed E-state index contributed by atoms with van der Waals surface area (Å²) in [6.07, 6.45) is 5.94. The van der Waals surface area contributed by atoms with Gasteiger partial charge in [-0.2, -0.15) is 0 Å². The molecule has 0 aromatic heterocycles. The average Bonchev–Trinajstić information content (AvgIpc) is 2.59. The molecule has 0 spiro atoms. The van der Waals surface area contributed by atoms with E-state index in [0.717, 1.165) is 19.4 Å². The Labute approximate surface area is 151 Å². The molecule has 0 saturated heterocycles. The molecule has 0 bridgehead atoms. The molecule has 3 N–H and O–H groups in total. The van der Waals surface area contributed by atoms with E-state index in [1.54, 1.807) is 0 Å². The predicted molar refractivity (Wildman–Crippen MR) is 104 cm³/mol. The molecule has 0 atom stereocenters. The number of nitrogens with one attached hydrogen (secondary N) is 3. The Morgan fingerprint density at radius 3 is 2.60 bits per heavy atom. The van der Waals surface area contributed by atoms with Gasteiger partial charge in [-0.05, 0) is 44.7 Å². The van der Waals surface area contributed by atoms with Gasteiger partial charge in [0.15, 0.2) is 5.96 Å². The van der Waals surface area contributed by atoms with E-state index in [2.05, 4.69) is 53.0 Å². The summed E-state index contributed by atoms with van der Waals surface area (Å²) in [6.45, 7) is 7.85. The van der Waals surface area contributed by atoms with Crippen molar-refractivity contribution < 1.29 is 4.79 Å². The summed E-state index contributed by atoms with van der Waals surface area (Å²) in [4.78, 5) is 16.7. The largest absolute Gasteiger partial charge is 0.357 e. The van der Waals surface area contributed by atoms with Crippen LogP contribution in [0.2, 0.25) is 0 Å². The van der Waals surface area contributed by atoms with E-state index in [4.69, 9.17) is 0 Å². The summed E-state index contributed by atoms with van der Waals surface area (Å²) < 4.78 is 0. The smallest absolute Gasteiger partial charge is 0.239 e. The van der Waals surface area contributed by atoms with Crippen LogP contribution < -0.4 is 16.0 Å². The fourth-order valence-electron chi connectivity index (χ4n) is 3.22. The molecule has 5 heteroatoms. The first-order valence-electron chi connectivity index (χ1n) is 9.46. The predicted octanol–water partition coefficient (Wildman–Crippen LogP) is 2.81. The summed E-state index contributed by atoms with van der Waals surface area (Å²) >= 11 is 0. The standard InChI is InChI=1S/C20H32N4O/c1-4-21-20(22-13-17-11-10-15(2)12-16(17)3)23-14-19(25)24-18-8-6-5-7-9-18/h10-12,18H,4-9,13-14H2,1-3H3,(H,24,25)(H2,21,22,23). The molecule has 138 valence electrons. The molecule has 5 nitrogen and oxygen atoms in total. The van der Waals surface area contributed by atoms with Crippen molar-refractivity contribution in [1.29, 1.82) is 0 Å². The normalized spacial score (nSPS) is 15.7. The summed E-state index contributed by atoms with van der Waals surface area (Å²) in [5, 5.41) is 9.46. The Morgan fingerprint density at radius 2 is 1.92 bits per heavy atom. The van der Waals surface area contributed by atoms with Crippen LogP contribution in [0.5, 0.6) is 0 Å². The van der Waals surface area contributed by atoms with Crippen molar-refractivity contribution in [2.45, 2.75) is 65.5 Å². The number of hydrogen-bond acceptors (Lipinski definition) is 2. The second kappa shape index (κ2) is 10.1. The summed E-state index contributed by atoms with van der Waals surface area (Å²) in [5.74, 6) is 0.727. The Morgan fingerprint density at radius 1 is 1.16 bits per heavy atom. The van der Waals surface area contributed by atoms with Crippen molar-refractivity contribution in [1.82, 2.24) is 16.0 Å². The molecule has 25 heavy (non-hydrogen) atoms. The maximum Gasteiger partial charge on any atom is 0.239 e. The lowest BCUT2D eigenvalue weighted by atomic mass is 9.95. The number of amides is 1. The quantitative estimate of drug-likeness (QED) is 0.549. The Kier molecular flexibility index (Phi) is 7.76. The van der Waals surface area contributed by atoms with Crippen molar-refractivity contribution in [2.75, 3.05) is 13.1 Å². The molecule has 2 rings (SSSR count). The molecular weight excluding hydrogens is 312 g/mol. The second-order valence-corrected chi connectivity index (χ2v) is 6.88. The number of hydrogen-bond donors (Lipinski definition) is 3. The van der Waals surface area contributed by atoms with Gasteiger partial charge in [0.1, 0.15) is 0 Å². The molecule has 1 saturated carbocycles. The highest BCUT2D eigenvalue weighted by molar-refractivity contribution is 5.86. The zero-order chi connectivity index (χ0) is 18.1. The number of aryl methyl sites for hydroxylation is 2. The second-order valence-electron chi connectivity index (χ2n) is 6.88. The van der Waals surface area contributed by atoms with Gasteiger partial charge in [-0.3, -0.25) is 4.79 Å². The van der Waals surface area contributed by atoms with E-state index < -0.39 is 0 Å². The number of nitrogens with zero attached hydrogens (tertiary/aromatic N) is 1. The number of guanidine groups is 1. The molecular formula is C20H32N4O. The van der Waals surface area contributed by atoms with E-state index in [1.165, 1.54) is 36.0 Å². The summed E-state index contributed by atoms with van der Waals surface area (Å²) in [5.41, 5.74) is 3.71. The van der Waals surface area contributed by atoms with Crippen LogP contribution in [0.1, 0.15) is 55.7 Å². The minimum Gasteiger partial charge on any atom is -0.357 e. The van der Waals surface area contributed by atoms with Gasteiger partial charge in [-0.15, -0.1) is 0 Å². The molecule has 0 aliphatic heterocycles. The molecule has 1 aromatic carbocycles. The Hall–Kier alpha value is -2.04. The molecule has 1 amide bonds. The highest BCUT2D eigenvalue weighted by Crippen LogP contribution is 2.17. The number of benzene rings is 1. The number of rotatable bonds is 6. The zero-order valence-electron chi connectivity index (χ0n) is 15.8. The van der Waals surface area contributed by atoms with E-state index in [9.17, 15) is 4.79 Å². The molecule has 0 unspecified atom stereocenters. The van der Waals surface area contributed by atoms with Crippen LogP contribution in [0, 0.1) is 13.8 Å². The molecule has 1 aliphatic rings. The molecule has 1 fully saturated rings. The first-order chi connectivity index (χ1) is 12.1. The summed E-state index contributed by atoms with van der Waals surface area (Å²) in [6, 6.07) is 6.74. The van der Waals surface area contributed by atoms with Gasteiger partial charge in [-0.25, -0.2) is 4.99 Å². The zero-order valence-corrected chi connectivity index (χ0v) is 15.8. The molecule has 0 radical (unpaired) electrons. The third-order valence-electron chi connectivity index (χ3n) is 4.64. The fraction of sp³-hybridized carbons (Fsp3) is 0.600. The van der Waals surface area contributed by atoms with Gasteiger partial charge in [0.05, 0.1) is 13.1 Å². The van der Waals surface area contributed by atoms with Crippen LogP contribution in [0.25, 0.3) is 0 Å². The van der Waals surface area contributed by atoms with Gasteiger partial charge in [-0.1, -0.05) is 43.0 Å². The molecule has 1 aliphatic carbocycles. The average molecular weight is 345 g/mol. The van der Waals surface area contributed by atoms with Gasteiger partial charge < -0.3 is 16.0 Å². The third kappa shape index (κ3) is 6.77. The third-order valence-corrected chi connectivity index (χ3v) is 4.64. The number of aliphatic imine (C=N–C) groups is 1. The van der Waals surface area contributed by atoms with Crippen molar-refractivity contribution in [3.8, 4) is 0 Å². The van der Waals surface area contributed by atoms with Crippen LogP contribution in [0.3, 0.4) is 0 Å². The first-order valence-corrected chi connectivity index (χ1v) is 9.46. The number of carbonyl (C=O) groups excluding carboxylic acids is 1. The van der Waals surface area contributed by atoms with Gasteiger partial charge >= 0.3 is 0 Å². The van der Waals surface area contributed by atoms with E-state index in [1.807, 2.05) is 6.92 Å². The Bertz CT molecular complexity index is 591. The minimum atomic E-state index is 0.0454. The van der Waals surface area contributed by atoms with Crippen molar-refractivity contribution >= 4 is 11.9 Å². The SMILES string of the molecule is CCNC(=NCc1ccc(C)cc1C)NCC(=O)NC1CCCCC1. The topological polar surface area (TPSA) is 65.5 Å². The van der Waals surface area contributed by atoms with Crippen molar-refractivity contribution in [3.05, 3.63) is 34.9 Å². The Balaban J connectivity index is 1.85. The summed E-state index contributed by atoms with van der Waals surface area (Å²) in [7, 11) is 0. The van der Waals surface area contributed by atoms with Gasteiger partial charge in [0, 0.05) is 12.6 Å². The highest BCUT2D eigenvalue weighted by atomic mass is 16.2. The number of carbonyl (C=O) groups is 1. The van der Waals surface area contributed by atoms with Crippen LogP contribution in [-0.4, -0.2) is 31.0 Å². The van der Waals surface area contributed by atoms with E-state index in [0.29, 0.717) is 18.5 Å². The van der Waals surface area contributed by atoms with Crippen LogP contribution in [0.15, 0.2) is 23.2 Å². The van der Waals surface area contributed by atoms with Gasteiger partial charge in [0.2, 0.25) is 5.91 Å². The monoisotopic (exact) mass is 344 g/mol. The van der Waals surface area contributed by atoms with Crippen molar-refractivity contribution in [2.24, 2.45) is 4.99 Å². The first kappa shape index (κ1) is 19.3. The van der Waals surface area contributed by atoms with E-state index in [-0.39, 0.29) is 12.5 Å². The van der Waals surface area contributed by atoms with Crippen LogP contribution in [-0.2, 0) is 11.3 Å². The van der Waals surface area contributed by atoms with Gasteiger partial charge in [0.25, 0.3) is 0 Å². The maximum atomic E-state index is 12.1. The lowest BCUT2D eigenvalue weighted by molar-refractivity contribution is -0.120. The fourth-order valence-corrected chi connectivity index (χ4v) is 3.22.